The molecule has 0 atom stereocenters. The molecule has 0 spiro atoms. The fourth-order valence-corrected chi connectivity index (χ4v) is 2.49. The number of benzene rings is 1. The van der Waals surface area contributed by atoms with Gasteiger partial charge in [0.2, 0.25) is 0 Å². The lowest BCUT2D eigenvalue weighted by molar-refractivity contribution is 0.0985. The number of aryl methyl sites for hydroxylation is 2. The summed E-state index contributed by atoms with van der Waals surface area (Å²) in [6, 6.07) is 9.85. The zero-order chi connectivity index (χ0) is 15.4. The Morgan fingerprint density at radius 1 is 1.24 bits per heavy atom. The van der Waals surface area contributed by atoms with E-state index in [1.807, 2.05) is 56.1 Å². The molecule has 4 heteroatoms. The van der Waals surface area contributed by atoms with E-state index in [1.54, 1.807) is 4.68 Å². The lowest BCUT2D eigenvalue weighted by atomic mass is 10.1. The molecule has 21 heavy (non-hydrogen) atoms. The predicted octanol–water partition coefficient (Wildman–Crippen LogP) is 3.48. The van der Waals surface area contributed by atoms with Gasteiger partial charge in [-0.25, -0.2) is 0 Å². The normalized spacial score (nSPS) is 10.7. The van der Waals surface area contributed by atoms with Crippen molar-refractivity contribution in [2.24, 2.45) is 7.05 Å². The first-order valence-electron chi connectivity index (χ1n) is 7.43. The van der Waals surface area contributed by atoms with Gasteiger partial charge in [-0.3, -0.25) is 9.48 Å². The van der Waals surface area contributed by atoms with Crippen LogP contribution in [0.5, 0.6) is 0 Å². The molecule has 112 valence electrons. The van der Waals surface area contributed by atoms with E-state index in [4.69, 9.17) is 0 Å². The van der Waals surface area contributed by atoms with Crippen LogP contribution in [0.4, 0.5) is 5.69 Å². The van der Waals surface area contributed by atoms with Crippen LogP contribution in [0.1, 0.15) is 41.5 Å². The number of amides is 1. The number of nitrogens with zero attached hydrogens (tertiary/aromatic N) is 3. The van der Waals surface area contributed by atoms with Gasteiger partial charge in [-0.1, -0.05) is 31.5 Å². The fraction of sp³-hybridized carbons (Fsp3) is 0.412. The van der Waals surface area contributed by atoms with Crippen LogP contribution in [0, 0.1) is 13.8 Å². The SMILES string of the molecule is CCCCN(C(=O)c1c(C)nn(C)c1C)c1ccccc1. The van der Waals surface area contributed by atoms with Crippen LogP contribution in [-0.4, -0.2) is 22.2 Å². The van der Waals surface area contributed by atoms with Crippen LogP contribution < -0.4 is 4.90 Å². The number of hydrogen-bond donors (Lipinski definition) is 0. The molecule has 1 heterocycles. The van der Waals surface area contributed by atoms with Crippen molar-refractivity contribution in [1.29, 1.82) is 0 Å². The topological polar surface area (TPSA) is 38.1 Å². The van der Waals surface area contributed by atoms with Crippen molar-refractivity contribution in [3.8, 4) is 0 Å². The molecule has 1 aromatic carbocycles. The van der Waals surface area contributed by atoms with E-state index < -0.39 is 0 Å². The predicted molar refractivity (Wildman–Crippen MR) is 85.7 cm³/mol. The second-order valence-corrected chi connectivity index (χ2v) is 5.32. The number of rotatable bonds is 5. The number of unbranched alkanes of at least 4 members (excludes halogenated alkanes) is 1. The molecule has 0 aliphatic rings. The van der Waals surface area contributed by atoms with E-state index in [1.165, 1.54) is 0 Å². The molecule has 2 aromatic rings. The number of anilines is 1. The summed E-state index contributed by atoms with van der Waals surface area (Å²) in [5.41, 5.74) is 3.36. The summed E-state index contributed by atoms with van der Waals surface area (Å²) in [5.74, 6) is 0.0396. The molecule has 0 radical (unpaired) electrons. The number of para-hydroxylation sites is 1. The smallest absolute Gasteiger partial charge is 0.262 e. The van der Waals surface area contributed by atoms with Crippen molar-refractivity contribution in [1.82, 2.24) is 9.78 Å². The zero-order valence-corrected chi connectivity index (χ0v) is 13.3. The molecule has 0 saturated carbocycles. The molecule has 1 aromatic heterocycles. The Labute approximate surface area is 126 Å². The fourth-order valence-electron chi connectivity index (χ4n) is 2.49. The third-order valence-electron chi connectivity index (χ3n) is 3.77. The quantitative estimate of drug-likeness (QED) is 0.843. The Bertz CT molecular complexity index is 616. The highest BCUT2D eigenvalue weighted by Gasteiger charge is 2.23. The van der Waals surface area contributed by atoms with Crippen LogP contribution in [0.3, 0.4) is 0 Å². The summed E-state index contributed by atoms with van der Waals surface area (Å²) < 4.78 is 1.77. The van der Waals surface area contributed by atoms with Gasteiger partial charge in [-0.15, -0.1) is 0 Å². The van der Waals surface area contributed by atoms with Gasteiger partial charge in [0.15, 0.2) is 0 Å². The average molecular weight is 285 g/mol. The monoisotopic (exact) mass is 285 g/mol. The van der Waals surface area contributed by atoms with Crippen molar-refractivity contribution in [3.05, 3.63) is 47.3 Å². The summed E-state index contributed by atoms with van der Waals surface area (Å²) in [6.07, 6.45) is 2.04. The summed E-state index contributed by atoms with van der Waals surface area (Å²) in [4.78, 5) is 14.8. The van der Waals surface area contributed by atoms with E-state index in [9.17, 15) is 4.79 Å². The van der Waals surface area contributed by atoms with Crippen molar-refractivity contribution in [2.75, 3.05) is 11.4 Å². The molecule has 4 nitrogen and oxygen atoms in total. The van der Waals surface area contributed by atoms with E-state index in [2.05, 4.69) is 12.0 Å². The van der Waals surface area contributed by atoms with E-state index in [-0.39, 0.29) is 5.91 Å². The molecule has 0 aliphatic carbocycles. The van der Waals surface area contributed by atoms with Gasteiger partial charge in [0.25, 0.3) is 5.91 Å². The molecule has 0 N–H and O–H groups in total. The van der Waals surface area contributed by atoms with Crippen molar-refractivity contribution < 1.29 is 4.79 Å². The number of carbonyl (C=O) groups is 1. The maximum absolute atomic E-state index is 13.0. The summed E-state index contributed by atoms with van der Waals surface area (Å²) in [5, 5.41) is 4.36. The van der Waals surface area contributed by atoms with E-state index >= 15 is 0 Å². The third-order valence-corrected chi connectivity index (χ3v) is 3.77. The number of hydrogen-bond acceptors (Lipinski definition) is 2. The third kappa shape index (κ3) is 3.15. The summed E-state index contributed by atoms with van der Waals surface area (Å²) in [7, 11) is 1.87. The Hall–Kier alpha value is -2.10. The van der Waals surface area contributed by atoms with Crippen LogP contribution in [0.15, 0.2) is 30.3 Å². The van der Waals surface area contributed by atoms with Gasteiger partial charge < -0.3 is 4.90 Å². The molecule has 2 rings (SSSR count). The standard InChI is InChI=1S/C17H23N3O/c1-5-6-12-20(15-10-8-7-9-11-15)17(21)16-13(2)18-19(4)14(16)3/h7-11H,5-6,12H2,1-4H3. The minimum Gasteiger partial charge on any atom is -0.308 e. The largest absolute Gasteiger partial charge is 0.308 e. The number of carbonyl (C=O) groups excluding carboxylic acids is 1. The van der Waals surface area contributed by atoms with Gasteiger partial charge in [0.1, 0.15) is 0 Å². The van der Waals surface area contributed by atoms with E-state index in [0.717, 1.165) is 42.0 Å². The minimum atomic E-state index is 0.0396. The Morgan fingerprint density at radius 2 is 1.90 bits per heavy atom. The highest BCUT2D eigenvalue weighted by Crippen LogP contribution is 2.21. The molecular formula is C17H23N3O. The molecule has 0 bridgehead atoms. The van der Waals surface area contributed by atoms with Gasteiger partial charge in [-0.05, 0) is 32.4 Å². The number of aromatic nitrogens is 2. The van der Waals surface area contributed by atoms with Gasteiger partial charge in [0, 0.05) is 25.0 Å². The van der Waals surface area contributed by atoms with Gasteiger partial charge in [-0.2, -0.15) is 5.10 Å². The summed E-state index contributed by atoms with van der Waals surface area (Å²) in [6.45, 7) is 6.70. The molecule has 0 fully saturated rings. The zero-order valence-electron chi connectivity index (χ0n) is 13.3. The van der Waals surface area contributed by atoms with Crippen molar-refractivity contribution in [2.45, 2.75) is 33.6 Å². The molecule has 1 amide bonds. The molecule has 0 aliphatic heterocycles. The summed E-state index contributed by atoms with van der Waals surface area (Å²) >= 11 is 0. The lowest BCUT2D eigenvalue weighted by Crippen LogP contribution is -2.32. The first-order chi connectivity index (χ1) is 10.1. The van der Waals surface area contributed by atoms with Crippen LogP contribution in [0.25, 0.3) is 0 Å². The van der Waals surface area contributed by atoms with Crippen LogP contribution in [-0.2, 0) is 7.05 Å². The first-order valence-corrected chi connectivity index (χ1v) is 7.43. The molecular weight excluding hydrogens is 262 g/mol. The van der Waals surface area contributed by atoms with Crippen LogP contribution in [0.2, 0.25) is 0 Å². The van der Waals surface area contributed by atoms with Gasteiger partial charge in [0.05, 0.1) is 11.3 Å². The average Bonchev–Trinajstić information content (AvgIpc) is 2.73. The highest BCUT2D eigenvalue weighted by atomic mass is 16.2. The molecule has 0 unspecified atom stereocenters. The molecule has 0 saturated heterocycles. The Balaban J connectivity index is 2.39. The van der Waals surface area contributed by atoms with E-state index in [0.29, 0.717) is 0 Å². The second-order valence-electron chi connectivity index (χ2n) is 5.32. The maximum Gasteiger partial charge on any atom is 0.262 e. The lowest BCUT2D eigenvalue weighted by Gasteiger charge is -2.23. The first kappa shape index (κ1) is 15.3. The van der Waals surface area contributed by atoms with Crippen molar-refractivity contribution >= 4 is 11.6 Å². The Morgan fingerprint density at radius 3 is 2.43 bits per heavy atom. The van der Waals surface area contributed by atoms with Gasteiger partial charge >= 0.3 is 0 Å². The highest BCUT2D eigenvalue weighted by molar-refractivity contribution is 6.07. The minimum absolute atomic E-state index is 0.0396. The van der Waals surface area contributed by atoms with Crippen molar-refractivity contribution in [3.63, 3.8) is 0 Å². The maximum atomic E-state index is 13.0. The second kappa shape index (κ2) is 6.57. The van der Waals surface area contributed by atoms with Crippen LogP contribution >= 0.6 is 0 Å². The Kier molecular flexibility index (Phi) is 4.78.